The second kappa shape index (κ2) is 9.16. The maximum atomic E-state index is 12.1. The zero-order chi connectivity index (χ0) is 19.2. The van der Waals surface area contributed by atoms with E-state index in [0.717, 1.165) is 15.5 Å². The largest absolute Gasteiger partial charge is 0.324 e. The number of para-hydroxylation sites is 1. The van der Waals surface area contributed by atoms with Gasteiger partial charge < -0.3 is 5.32 Å². The molecular formula is C18H16ClN3O3S2. The van der Waals surface area contributed by atoms with Gasteiger partial charge in [0.05, 0.1) is 16.7 Å². The summed E-state index contributed by atoms with van der Waals surface area (Å²) in [5.74, 6) is -0.840. The maximum absolute atomic E-state index is 12.1. The van der Waals surface area contributed by atoms with E-state index in [1.165, 1.54) is 23.5 Å². The van der Waals surface area contributed by atoms with Crippen molar-refractivity contribution in [2.45, 2.75) is 21.5 Å². The second-order valence-electron chi connectivity index (χ2n) is 5.63. The van der Waals surface area contributed by atoms with Gasteiger partial charge in [0, 0.05) is 21.2 Å². The Morgan fingerprint density at radius 2 is 1.78 bits per heavy atom. The summed E-state index contributed by atoms with van der Waals surface area (Å²) >= 11 is 8.47. The molecule has 0 aromatic heterocycles. The van der Waals surface area contributed by atoms with Crippen LogP contribution in [0.2, 0.25) is 5.02 Å². The van der Waals surface area contributed by atoms with E-state index in [1.54, 1.807) is 12.1 Å². The molecule has 0 unspecified atom stereocenters. The predicted molar refractivity (Wildman–Crippen MR) is 108 cm³/mol. The van der Waals surface area contributed by atoms with Gasteiger partial charge in [-0.25, -0.2) is 0 Å². The zero-order valence-corrected chi connectivity index (χ0v) is 16.4. The molecule has 9 heteroatoms. The summed E-state index contributed by atoms with van der Waals surface area (Å²) in [5.41, 5.74) is 5.46. The highest BCUT2D eigenvalue weighted by Crippen LogP contribution is 2.36. The van der Waals surface area contributed by atoms with Crippen molar-refractivity contribution in [3.05, 3.63) is 53.6 Å². The topological polar surface area (TPSA) is 87.3 Å². The third-order valence-electron chi connectivity index (χ3n) is 3.60. The number of amides is 3. The smallest absolute Gasteiger partial charge is 0.248 e. The summed E-state index contributed by atoms with van der Waals surface area (Å²) in [5, 5.41) is 2.87. The van der Waals surface area contributed by atoms with E-state index >= 15 is 0 Å². The Morgan fingerprint density at radius 1 is 1.07 bits per heavy atom. The molecule has 1 atom stereocenters. The van der Waals surface area contributed by atoms with Crippen molar-refractivity contribution in [3.8, 4) is 0 Å². The minimum atomic E-state index is -0.541. The molecule has 3 amide bonds. The molecule has 1 aliphatic rings. The van der Waals surface area contributed by atoms with Gasteiger partial charge >= 0.3 is 0 Å². The standard InChI is InChI=1S/C18H16ClN3O3S2/c19-11-5-7-12(8-6-11)26-10-17(24)22-21-16(23)9-15-18(25)20-13-3-1-2-4-14(13)27-15/h1-8,15H,9-10H2,(H,20,25)(H,21,23)(H,22,24)/t15-/m0/s1. The first-order valence-electron chi connectivity index (χ1n) is 8.04. The summed E-state index contributed by atoms with van der Waals surface area (Å²) in [6, 6.07) is 14.5. The molecule has 0 spiro atoms. The number of benzene rings is 2. The number of thioether (sulfide) groups is 2. The van der Waals surface area contributed by atoms with Crippen LogP contribution in [0.4, 0.5) is 5.69 Å². The van der Waals surface area contributed by atoms with Gasteiger partial charge in [0.1, 0.15) is 0 Å². The van der Waals surface area contributed by atoms with Gasteiger partial charge in [0.2, 0.25) is 17.7 Å². The normalized spacial score (nSPS) is 15.4. The first kappa shape index (κ1) is 19.6. The van der Waals surface area contributed by atoms with Crippen LogP contribution in [0.1, 0.15) is 6.42 Å². The molecule has 6 nitrogen and oxygen atoms in total. The Labute approximate surface area is 169 Å². The van der Waals surface area contributed by atoms with Crippen molar-refractivity contribution in [1.29, 1.82) is 0 Å². The fraction of sp³-hybridized carbons (Fsp3) is 0.167. The number of hydrogen-bond acceptors (Lipinski definition) is 5. The number of fused-ring (bicyclic) bond motifs is 1. The highest BCUT2D eigenvalue weighted by Gasteiger charge is 2.28. The van der Waals surface area contributed by atoms with Crippen LogP contribution in [-0.2, 0) is 14.4 Å². The summed E-state index contributed by atoms with van der Waals surface area (Å²) in [6.07, 6.45) is -0.0323. The van der Waals surface area contributed by atoms with Crippen LogP contribution in [0, 0.1) is 0 Å². The molecule has 0 radical (unpaired) electrons. The average molecular weight is 422 g/mol. The minimum absolute atomic E-state index is 0.0323. The molecule has 0 saturated carbocycles. The fourth-order valence-corrected chi connectivity index (χ4v) is 4.24. The summed E-state index contributed by atoms with van der Waals surface area (Å²) < 4.78 is 0. The Balaban J connectivity index is 1.42. The Bertz CT molecular complexity index is 861. The van der Waals surface area contributed by atoms with Gasteiger partial charge in [-0.2, -0.15) is 0 Å². The van der Waals surface area contributed by atoms with E-state index in [9.17, 15) is 14.4 Å². The highest BCUT2D eigenvalue weighted by molar-refractivity contribution is 8.01. The first-order chi connectivity index (χ1) is 13.0. The van der Waals surface area contributed by atoms with Gasteiger partial charge in [-0.05, 0) is 36.4 Å². The summed E-state index contributed by atoms with van der Waals surface area (Å²) in [4.78, 5) is 37.8. The van der Waals surface area contributed by atoms with E-state index < -0.39 is 11.2 Å². The molecule has 27 heavy (non-hydrogen) atoms. The number of anilines is 1. The molecule has 140 valence electrons. The van der Waals surface area contributed by atoms with E-state index in [2.05, 4.69) is 16.2 Å². The lowest BCUT2D eigenvalue weighted by atomic mass is 10.2. The van der Waals surface area contributed by atoms with Crippen molar-refractivity contribution >= 4 is 58.5 Å². The number of nitrogens with one attached hydrogen (secondary N) is 3. The molecule has 0 saturated heterocycles. The number of carbonyl (C=O) groups is 3. The van der Waals surface area contributed by atoms with Crippen LogP contribution in [0.25, 0.3) is 0 Å². The zero-order valence-electron chi connectivity index (χ0n) is 14.0. The molecule has 0 aliphatic carbocycles. The Kier molecular flexibility index (Phi) is 6.65. The molecular weight excluding hydrogens is 406 g/mol. The average Bonchev–Trinajstić information content (AvgIpc) is 2.66. The molecule has 1 heterocycles. The maximum Gasteiger partial charge on any atom is 0.248 e. The van der Waals surface area contributed by atoms with Crippen molar-refractivity contribution in [2.75, 3.05) is 11.1 Å². The number of halogens is 1. The van der Waals surface area contributed by atoms with Crippen LogP contribution in [0.15, 0.2) is 58.3 Å². The monoisotopic (exact) mass is 421 g/mol. The van der Waals surface area contributed by atoms with Gasteiger partial charge in [0.25, 0.3) is 0 Å². The third kappa shape index (κ3) is 5.66. The molecule has 3 N–H and O–H groups in total. The first-order valence-corrected chi connectivity index (χ1v) is 10.3. The van der Waals surface area contributed by atoms with Crippen molar-refractivity contribution in [1.82, 2.24) is 10.9 Å². The van der Waals surface area contributed by atoms with Crippen LogP contribution < -0.4 is 16.2 Å². The number of carbonyl (C=O) groups excluding carboxylic acids is 3. The number of rotatable bonds is 5. The summed E-state index contributed by atoms with van der Waals surface area (Å²) in [6.45, 7) is 0. The van der Waals surface area contributed by atoms with E-state index in [-0.39, 0.29) is 24.0 Å². The van der Waals surface area contributed by atoms with Crippen LogP contribution in [0.3, 0.4) is 0 Å². The van der Waals surface area contributed by atoms with Crippen LogP contribution in [-0.4, -0.2) is 28.7 Å². The van der Waals surface area contributed by atoms with Gasteiger partial charge in [-0.1, -0.05) is 23.7 Å². The van der Waals surface area contributed by atoms with Gasteiger partial charge in [-0.15, -0.1) is 23.5 Å². The molecule has 0 bridgehead atoms. The molecule has 2 aromatic rings. The van der Waals surface area contributed by atoms with E-state index in [4.69, 9.17) is 11.6 Å². The highest BCUT2D eigenvalue weighted by atomic mass is 35.5. The van der Waals surface area contributed by atoms with Crippen molar-refractivity contribution in [2.24, 2.45) is 0 Å². The van der Waals surface area contributed by atoms with Crippen molar-refractivity contribution in [3.63, 3.8) is 0 Å². The molecule has 2 aromatic carbocycles. The lowest BCUT2D eigenvalue weighted by Crippen LogP contribution is -2.44. The quantitative estimate of drug-likeness (QED) is 0.510. The number of hydrogen-bond donors (Lipinski definition) is 3. The molecule has 3 rings (SSSR count). The fourth-order valence-electron chi connectivity index (χ4n) is 2.30. The Hall–Kier alpha value is -2.16. The van der Waals surface area contributed by atoms with Crippen LogP contribution in [0.5, 0.6) is 0 Å². The van der Waals surface area contributed by atoms with Gasteiger partial charge in [0.15, 0.2) is 0 Å². The van der Waals surface area contributed by atoms with E-state index in [1.807, 2.05) is 36.4 Å². The third-order valence-corrected chi connectivity index (χ3v) is 6.14. The Morgan fingerprint density at radius 3 is 2.56 bits per heavy atom. The lowest BCUT2D eigenvalue weighted by Gasteiger charge is -2.23. The lowest BCUT2D eigenvalue weighted by molar-refractivity contribution is -0.128. The second-order valence-corrected chi connectivity index (χ2v) is 8.36. The SMILES string of the molecule is O=C(CSc1ccc(Cl)cc1)NNC(=O)C[C@@H]1Sc2ccccc2NC1=O. The molecule has 0 fully saturated rings. The van der Waals surface area contributed by atoms with Crippen molar-refractivity contribution < 1.29 is 14.4 Å². The number of hydrazine groups is 1. The summed E-state index contributed by atoms with van der Waals surface area (Å²) in [7, 11) is 0. The molecule has 1 aliphatic heterocycles. The van der Waals surface area contributed by atoms with Gasteiger partial charge in [-0.3, -0.25) is 25.2 Å². The van der Waals surface area contributed by atoms with Crippen LogP contribution >= 0.6 is 35.1 Å². The minimum Gasteiger partial charge on any atom is -0.324 e. The predicted octanol–water partition coefficient (Wildman–Crippen LogP) is 3.08. The van der Waals surface area contributed by atoms with E-state index in [0.29, 0.717) is 5.02 Å².